The second-order valence-electron chi connectivity index (χ2n) is 9.48. The number of anilines is 1. The van der Waals surface area contributed by atoms with E-state index in [1.807, 2.05) is 11.6 Å². The summed E-state index contributed by atoms with van der Waals surface area (Å²) in [6.45, 7) is 9.73. The molecule has 1 aliphatic heterocycles. The number of aliphatic hydroxyl groups is 1. The van der Waals surface area contributed by atoms with E-state index in [-0.39, 0.29) is 5.41 Å². The van der Waals surface area contributed by atoms with Crippen LogP contribution in [0.25, 0.3) is 11.2 Å². The molecule has 29 heavy (non-hydrogen) atoms. The SMILES string of the molecule is CC1(O)CCN(c2nc(C(C)(C)C)nc3c2nnn3Cc2nnnn2C2CC2)C1. The standard InChI is InChI=1S/C18H26N10O/c1-17(2,3)16-19-14(26-8-7-18(4,29)10-26)13-15(20-16)27(24-22-13)9-12-21-23-25-28(12)11-5-6-11/h11,29H,5-10H2,1-4H3. The predicted molar refractivity (Wildman–Crippen MR) is 104 cm³/mol. The minimum Gasteiger partial charge on any atom is -0.388 e. The Morgan fingerprint density at radius 2 is 1.93 bits per heavy atom. The van der Waals surface area contributed by atoms with Gasteiger partial charge in [-0.25, -0.2) is 19.3 Å². The number of tetrazole rings is 1. The summed E-state index contributed by atoms with van der Waals surface area (Å²) in [7, 11) is 0. The topological polar surface area (TPSA) is 124 Å². The first-order chi connectivity index (χ1) is 13.7. The summed E-state index contributed by atoms with van der Waals surface area (Å²) in [6, 6.07) is 0.386. The van der Waals surface area contributed by atoms with Crippen LogP contribution in [0.5, 0.6) is 0 Å². The van der Waals surface area contributed by atoms with Gasteiger partial charge in [-0.05, 0) is 36.6 Å². The van der Waals surface area contributed by atoms with Crippen molar-refractivity contribution >= 4 is 17.0 Å². The van der Waals surface area contributed by atoms with Crippen molar-refractivity contribution in [1.29, 1.82) is 0 Å². The van der Waals surface area contributed by atoms with Crippen molar-refractivity contribution in [3.63, 3.8) is 0 Å². The molecular formula is C18H26N10O. The molecule has 1 N–H and O–H groups in total. The van der Waals surface area contributed by atoms with Gasteiger partial charge in [0, 0.05) is 18.5 Å². The monoisotopic (exact) mass is 398 g/mol. The number of nitrogens with zero attached hydrogens (tertiary/aromatic N) is 10. The van der Waals surface area contributed by atoms with E-state index in [1.165, 1.54) is 0 Å². The first-order valence-corrected chi connectivity index (χ1v) is 10.1. The summed E-state index contributed by atoms with van der Waals surface area (Å²) >= 11 is 0. The minimum absolute atomic E-state index is 0.240. The van der Waals surface area contributed by atoms with Crippen molar-refractivity contribution in [2.24, 2.45) is 0 Å². The zero-order valence-corrected chi connectivity index (χ0v) is 17.2. The van der Waals surface area contributed by atoms with Crippen LogP contribution in [0.15, 0.2) is 0 Å². The first kappa shape index (κ1) is 18.3. The number of β-amino-alcohol motifs (C(OH)–C–C–N with tert-alkyl or cyclic N) is 1. The lowest BCUT2D eigenvalue weighted by Crippen LogP contribution is -2.31. The van der Waals surface area contributed by atoms with E-state index in [2.05, 4.69) is 51.5 Å². The Morgan fingerprint density at radius 1 is 1.14 bits per heavy atom. The number of aromatic nitrogens is 9. The Labute approximate surface area is 168 Å². The van der Waals surface area contributed by atoms with Gasteiger partial charge in [-0.3, -0.25) is 0 Å². The highest BCUT2D eigenvalue weighted by molar-refractivity contribution is 5.83. The highest BCUT2D eigenvalue weighted by atomic mass is 16.3. The van der Waals surface area contributed by atoms with E-state index >= 15 is 0 Å². The van der Waals surface area contributed by atoms with Gasteiger partial charge in [0.25, 0.3) is 0 Å². The fraction of sp³-hybridized carbons (Fsp3) is 0.722. The molecule has 3 aromatic rings. The summed E-state index contributed by atoms with van der Waals surface area (Å²) in [5.41, 5.74) is 0.329. The highest BCUT2D eigenvalue weighted by Crippen LogP contribution is 2.35. The average molecular weight is 398 g/mol. The van der Waals surface area contributed by atoms with Crippen LogP contribution in [0.4, 0.5) is 5.82 Å². The van der Waals surface area contributed by atoms with E-state index < -0.39 is 5.60 Å². The van der Waals surface area contributed by atoms with Crippen molar-refractivity contribution in [3.05, 3.63) is 11.6 Å². The molecule has 0 aromatic carbocycles. The van der Waals surface area contributed by atoms with Crippen LogP contribution in [0.1, 0.15) is 64.6 Å². The van der Waals surface area contributed by atoms with Crippen LogP contribution >= 0.6 is 0 Å². The van der Waals surface area contributed by atoms with Gasteiger partial charge in [0.1, 0.15) is 12.4 Å². The molecule has 1 saturated carbocycles. The van der Waals surface area contributed by atoms with E-state index in [9.17, 15) is 5.11 Å². The molecular weight excluding hydrogens is 372 g/mol. The van der Waals surface area contributed by atoms with Crippen LogP contribution in [0.2, 0.25) is 0 Å². The number of rotatable bonds is 4. The van der Waals surface area contributed by atoms with Crippen molar-refractivity contribution in [2.45, 2.75) is 70.6 Å². The van der Waals surface area contributed by atoms with Crippen molar-refractivity contribution in [1.82, 2.24) is 45.2 Å². The van der Waals surface area contributed by atoms with Crippen LogP contribution < -0.4 is 4.90 Å². The molecule has 154 valence electrons. The largest absolute Gasteiger partial charge is 0.388 e. The summed E-state index contributed by atoms with van der Waals surface area (Å²) in [5, 5.41) is 31.3. The van der Waals surface area contributed by atoms with Gasteiger partial charge in [0.15, 0.2) is 22.8 Å². The van der Waals surface area contributed by atoms with Gasteiger partial charge in [-0.1, -0.05) is 26.0 Å². The van der Waals surface area contributed by atoms with E-state index in [0.29, 0.717) is 36.7 Å². The van der Waals surface area contributed by atoms with Crippen LogP contribution in [0, 0.1) is 0 Å². The molecule has 0 spiro atoms. The van der Waals surface area contributed by atoms with Crippen LogP contribution in [-0.2, 0) is 12.0 Å². The lowest BCUT2D eigenvalue weighted by Gasteiger charge is -2.23. The lowest BCUT2D eigenvalue weighted by molar-refractivity contribution is 0.0839. The van der Waals surface area contributed by atoms with Crippen molar-refractivity contribution < 1.29 is 5.11 Å². The molecule has 1 saturated heterocycles. The van der Waals surface area contributed by atoms with Crippen LogP contribution in [0.3, 0.4) is 0 Å². The Kier molecular flexibility index (Phi) is 3.89. The Bertz CT molecular complexity index is 1060. The maximum absolute atomic E-state index is 10.4. The lowest BCUT2D eigenvalue weighted by atomic mass is 9.96. The van der Waals surface area contributed by atoms with E-state index in [0.717, 1.165) is 36.9 Å². The number of fused-ring (bicyclic) bond motifs is 1. The molecule has 0 radical (unpaired) electrons. The second-order valence-corrected chi connectivity index (χ2v) is 9.48. The van der Waals surface area contributed by atoms with E-state index in [4.69, 9.17) is 9.97 Å². The first-order valence-electron chi connectivity index (χ1n) is 10.1. The van der Waals surface area contributed by atoms with Gasteiger partial charge in [-0.15, -0.1) is 10.2 Å². The molecule has 3 aromatic heterocycles. The highest BCUT2D eigenvalue weighted by Gasteiger charge is 2.35. The molecule has 11 heteroatoms. The summed E-state index contributed by atoms with van der Waals surface area (Å²) in [6.07, 6.45) is 2.89. The maximum Gasteiger partial charge on any atom is 0.184 e. The van der Waals surface area contributed by atoms with Gasteiger partial charge in [-0.2, -0.15) is 0 Å². The molecule has 1 aliphatic carbocycles. The number of hydrogen-bond donors (Lipinski definition) is 1. The van der Waals surface area contributed by atoms with Crippen molar-refractivity contribution in [2.75, 3.05) is 18.0 Å². The van der Waals surface area contributed by atoms with Gasteiger partial charge in [0.2, 0.25) is 0 Å². The zero-order chi connectivity index (χ0) is 20.4. The third kappa shape index (κ3) is 3.33. The predicted octanol–water partition coefficient (Wildman–Crippen LogP) is 0.850. The third-order valence-electron chi connectivity index (χ3n) is 5.51. The molecule has 5 rings (SSSR count). The molecule has 2 fully saturated rings. The molecule has 2 aliphatic rings. The van der Waals surface area contributed by atoms with Crippen LogP contribution in [-0.4, -0.2) is 69.0 Å². The van der Waals surface area contributed by atoms with Gasteiger partial charge < -0.3 is 10.0 Å². The van der Waals surface area contributed by atoms with E-state index in [1.54, 1.807) is 4.68 Å². The zero-order valence-electron chi connectivity index (χ0n) is 17.2. The summed E-state index contributed by atoms with van der Waals surface area (Å²) < 4.78 is 3.62. The Morgan fingerprint density at radius 3 is 2.59 bits per heavy atom. The minimum atomic E-state index is -0.735. The Balaban J connectivity index is 1.59. The third-order valence-corrected chi connectivity index (χ3v) is 5.51. The molecule has 4 heterocycles. The molecule has 11 nitrogen and oxygen atoms in total. The fourth-order valence-corrected chi connectivity index (χ4v) is 3.68. The van der Waals surface area contributed by atoms with Crippen molar-refractivity contribution in [3.8, 4) is 0 Å². The normalized spacial score (nSPS) is 22.7. The average Bonchev–Trinajstić information content (AvgIpc) is 3.07. The van der Waals surface area contributed by atoms with Gasteiger partial charge in [0.05, 0.1) is 11.6 Å². The summed E-state index contributed by atoms with van der Waals surface area (Å²) in [5.74, 6) is 2.20. The molecule has 1 atom stereocenters. The number of hydrogen-bond acceptors (Lipinski definition) is 9. The molecule has 0 bridgehead atoms. The maximum atomic E-state index is 10.4. The molecule has 0 amide bonds. The second kappa shape index (κ2) is 6.15. The van der Waals surface area contributed by atoms with Gasteiger partial charge >= 0.3 is 0 Å². The fourth-order valence-electron chi connectivity index (χ4n) is 3.68. The smallest absolute Gasteiger partial charge is 0.184 e. The summed E-state index contributed by atoms with van der Waals surface area (Å²) in [4.78, 5) is 11.7. The Hall–Kier alpha value is -2.69. The quantitative estimate of drug-likeness (QED) is 0.681. The molecule has 1 unspecified atom stereocenters.